The third-order valence-electron chi connectivity index (χ3n) is 7.11. The third kappa shape index (κ3) is 6.37. The molecule has 44 heavy (non-hydrogen) atoms. The van der Waals surface area contributed by atoms with Crippen LogP contribution in [0, 0.1) is 12.7 Å². The molecule has 0 aliphatic carbocycles. The largest absolute Gasteiger partial charge is 0.465 e. The number of sulfonamides is 1. The highest BCUT2D eigenvalue weighted by Gasteiger charge is 2.38. The number of carbonyl (C=O) groups excluding carboxylic acids is 2. The first-order valence-corrected chi connectivity index (χ1v) is 15.3. The van der Waals surface area contributed by atoms with Gasteiger partial charge < -0.3 is 9.15 Å². The number of hydrogen-bond donors (Lipinski definition) is 0. The van der Waals surface area contributed by atoms with Gasteiger partial charge in [-0.3, -0.25) is 9.69 Å². The highest BCUT2D eigenvalue weighted by molar-refractivity contribution is 7.89. The number of anilines is 1. The van der Waals surface area contributed by atoms with Crippen LogP contribution < -0.4 is 4.90 Å². The zero-order chi connectivity index (χ0) is 31.6. The molecule has 0 atom stereocenters. The molecule has 226 valence electrons. The lowest BCUT2D eigenvalue weighted by atomic mass is 10.1. The monoisotopic (exact) mass is 634 g/mol. The van der Waals surface area contributed by atoms with Crippen LogP contribution in [0.1, 0.15) is 29.6 Å². The van der Waals surface area contributed by atoms with Crippen LogP contribution in [0.3, 0.4) is 0 Å². The number of carbonyl (C=O) groups is 2. The highest BCUT2D eigenvalue weighted by atomic mass is 35.5. The van der Waals surface area contributed by atoms with Crippen LogP contribution >= 0.6 is 11.6 Å². The fourth-order valence-corrected chi connectivity index (χ4v) is 6.35. The SMILES string of the molecule is COC(=O)C1=C(C)N(c2ccc(F)cc2)C(=O)/C1=C/c1ccc(CN(Cc2ccc(C)cc2)S(=O)(=O)c2ccc(Cl)cc2)o1. The van der Waals surface area contributed by atoms with Crippen molar-refractivity contribution in [2.24, 2.45) is 0 Å². The predicted octanol–water partition coefficient (Wildman–Crippen LogP) is 6.65. The average Bonchev–Trinajstić information content (AvgIpc) is 3.55. The predicted molar refractivity (Wildman–Crippen MR) is 164 cm³/mol. The van der Waals surface area contributed by atoms with E-state index in [9.17, 15) is 22.4 Å². The second-order valence-electron chi connectivity index (χ2n) is 10.1. The first kappa shape index (κ1) is 30.9. The van der Waals surface area contributed by atoms with Gasteiger partial charge in [-0.1, -0.05) is 41.4 Å². The number of methoxy groups -OCH3 is 1. The van der Waals surface area contributed by atoms with Crippen molar-refractivity contribution < 1.29 is 31.6 Å². The number of nitrogens with zero attached hydrogens (tertiary/aromatic N) is 2. The standard InChI is InChI=1S/C33H28ClFN2O6S/c1-21-4-6-23(7-5-21)19-36(44(40,41)29-16-8-24(34)9-17-29)20-28-15-14-27(43-28)18-30-31(33(39)42-3)22(2)37(32(30)38)26-12-10-25(35)11-13-26/h4-18H,19-20H2,1-3H3/b30-18+. The first-order valence-electron chi connectivity index (χ1n) is 13.5. The number of aryl methyl sites for hydroxylation is 1. The van der Waals surface area contributed by atoms with E-state index in [-0.39, 0.29) is 34.9 Å². The average molecular weight is 635 g/mol. The number of hydrogen-bond acceptors (Lipinski definition) is 6. The van der Waals surface area contributed by atoms with Crippen LogP contribution in [0.2, 0.25) is 5.02 Å². The van der Waals surface area contributed by atoms with Gasteiger partial charge in [-0.15, -0.1) is 0 Å². The molecular formula is C33H28ClFN2O6S. The lowest BCUT2D eigenvalue weighted by molar-refractivity contribution is -0.136. The van der Waals surface area contributed by atoms with E-state index in [1.807, 2.05) is 31.2 Å². The minimum Gasteiger partial charge on any atom is -0.465 e. The summed E-state index contributed by atoms with van der Waals surface area (Å²) in [7, 11) is -2.77. The molecule has 0 spiro atoms. The Balaban J connectivity index is 1.48. The molecule has 0 fully saturated rings. The third-order valence-corrected chi connectivity index (χ3v) is 9.16. The maximum Gasteiger partial charge on any atom is 0.340 e. The molecule has 1 amide bonds. The summed E-state index contributed by atoms with van der Waals surface area (Å²) in [6.45, 7) is 3.49. The lowest BCUT2D eigenvalue weighted by Gasteiger charge is -2.21. The first-order chi connectivity index (χ1) is 21.0. The molecule has 0 bridgehead atoms. The van der Waals surface area contributed by atoms with Gasteiger partial charge in [-0.05, 0) is 86.2 Å². The summed E-state index contributed by atoms with van der Waals surface area (Å²) in [5.41, 5.74) is 2.56. The molecule has 4 aromatic rings. The molecule has 0 N–H and O–H groups in total. The number of ether oxygens (including phenoxy) is 1. The quantitative estimate of drug-likeness (QED) is 0.151. The summed E-state index contributed by atoms with van der Waals surface area (Å²) in [4.78, 5) is 27.6. The molecule has 8 nitrogen and oxygen atoms in total. The number of halogens is 2. The fourth-order valence-electron chi connectivity index (χ4n) is 4.83. The van der Waals surface area contributed by atoms with Gasteiger partial charge >= 0.3 is 5.97 Å². The Labute approximate surface area is 259 Å². The van der Waals surface area contributed by atoms with E-state index in [1.165, 1.54) is 70.9 Å². The topological polar surface area (TPSA) is 97.1 Å². The van der Waals surface area contributed by atoms with Gasteiger partial charge in [0.15, 0.2) is 0 Å². The van der Waals surface area contributed by atoms with Crippen molar-refractivity contribution in [3.63, 3.8) is 0 Å². The van der Waals surface area contributed by atoms with Crippen LogP contribution in [0.5, 0.6) is 0 Å². The Hall–Kier alpha value is -4.51. The second kappa shape index (κ2) is 12.6. The van der Waals surface area contributed by atoms with Gasteiger partial charge in [-0.2, -0.15) is 4.31 Å². The fraction of sp³-hybridized carbons (Fsp3) is 0.152. The van der Waals surface area contributed by atoms with Crippen molar-refractivity contribution in [2.75, 3.05) is 12.0 Å². The molecule has 1 aliphatic rings. The number of rotatable bonds is 9. The number of allylic oxidation sites excluding steroid dienone is 1. The minimum atomic E-state index is -3.97. The number of benzene rings is 3. The summed E-state index contributed by atoms with van der Waals surface area (Å²) in [6, 6.07) is 21.9. The van der Waals surface area contributed by atoms with E-state index >= 15 is 0 Å². The molecule has 11 heteroatoms. The number of esters is 1. The smallest absolute Gasteiger partial charge is 0.340 e. The van der Waals surface area contributed by atoms with E-state index in [0.29, 0.717) is 22.2 Å². The van der Waals surface area contributed by atoms with Gasteiger partial charge in [-0.25, -0.2) is 17.6 Å². The van der Waals surface area contributed by atoms with Crippen molar-refractivity contribution in [1.82, 2.24) is 4.31 Å². The van der Waals surface area contributed by atoms with Crippen molar-refractivity contribution >= 4 is 45.3 Å². The zero-order valence-corrected chi connectivity index (χ0v) is 25.7. The van der Waals surface area contributed by atoms with Crippen LogP contribution in [0.25, 0.3) is 6.08 Å². The maximum absolute atomic E-state index is 13.7. The van der Waals surface area contributed by atoms with Gasteiger partial charge in [0.1, 0.15) is 17.3 Å². The molecule has 0 saturated carbocycles. The second-order valence-corrected chi connectivity index (χ2v) is 12.5. The van der Waals surface area contributed by atoms with Crippen molar-refractivity contribution in [2.45, 2.75) is 31.8 Å². The molecular weight excluding hydrogens is 607 g/mol. The van der Waals surface area contributed by atoms with E-state index < -0.39 is 27.7 Å². The molecule has 0 unspecified atom stereocenters. The Morgan fingerprint density at radius 1 is 0.955 bits per heavy atom. The van der Waals surface area contributed by atoms with Crippen molar-refractivity contribution in [3.8, 4) is 0 Å². The maximum atomic E-state index is 13.7. The Bertz CT molecular complexity index is 1880. The van der Waals surface area contributed by atoms with E-state index in [4.69, 9.17) is 20.8 Å². The van der Waals surface area contributed by atoms with Gasteiger partial charge in [0.05, 0.1) is 29.7 Å². The molecule has 1 aromatic heterocycles. The van der Waals surface area contributed by atoms with Crippen molar-refractivity contribution in [3.05, 3.63) is 135 Å². The summed E-state index contributed by atoms with van der Waals surface area (Å²) < 4.78 is 53.2. The molecule has 1 aliphatic heterocycles. The van der Waals surface area contributed by atoms with E-state index in [0.717, 1.165) is 11.1 Å². The summed E-state index contributed by atoms with van der Waals surface area (Å²) in [6.07, 6.45) is 1.41. The van der Waals surface area contributed by atoms with Crippen LogP contribution in [0.4, 0.5) is 10.1 Å². The molecule has 0 saturated heterocycles. The lowest BCUT2D eigenvalue weighted by Crippen LogP contribution is -2.30. The summed E-state index contributed by atoms with van der Waals surface area (Å²) in [5, 5.41) is 0.410. The van der Waals surface area contributed by atoms with E-state index in [1.54, 1.807) is 19.1 Å². The minimum absolute atomic E-state index is 0.0184. The molecule has 3 aromatic carbocycles. The number of furan rings is 1. The molecule has 5 rings (SSSR count). The van der Waals surface area contributed by atoms with Crippen LogP contribution in [-0.4, -0.2) is 31.7 Å². The number of amides is 1. The van der Waals surface area contributed by atoms with Gasteiger partial charge in [0.25, 0.3) is 5.91 Å². The Morgan fingerprint density at radius 3 is 2.25 bits per heavy atom. The highest BCUT2D eigenvalue weighted by Crippen LogP contribution is 2.36. The van der Waals surface area contributed by atoms with E-state index in [2.05, 4.69) is 0 Å². The normalized spacial score (nSPS) is 14.6. The zero-order valence-electron chi connectivity index (χ0n) is 24.1. The van der Waals surface area contributed by atoms with Crippen LogP contribution in [0.15, 0.2) is 111 Å². The summed E-state index contributed by atoms with van der Waals surface area (Å²) in [5.74, 6) is -1.19. The Kier molecular flexibility index (Phi) is 8.87. The Morgan fingerprint density at radius 2 is 1.61 bits per heavy atom. The molecule has 2 heterocycles. The molecule has 0 radical (unpaired) electrons. The summed E-state index contributed by atoms with van der Waals surface area (Å²) >= 11 is 5.99. The van der Waals surface area contributed by atoms with Crippen LogP contribution in [-0.2, 0) is 37.4 Å². The van der Waals surface area contributed by atoms with Gasteiger partial charge in [0.2, 0.25) is 10.0 Å². The van der Waals surface area contributed by atoms with Gasteiger partial charge in [0, 0.05) is 23.0 Å². The van der Waals surface area contributed by atoms with Crippen molar-refractivity contribution in [1.29, 1.82) is 0 Å².